The number of aryl methyl sites for hydroxylation is 1. The predicted molar refractivity (Wildman–Crippen MR) is 86.1 cm³/mol. The van der Waals surface area contributed by atoms with Gasteiger partial charge in [-0.05, 0) is 48.0 Å². The molecule has 0 bridgehead atoms. The highest BCUT2D eigenvalue weighted by atomic mass is 15.3. The van der Waals surface area contributed by atoms with E-state index in [0.29, 0.717) is 6.04 Å². The van der Waals surface area contributed by atoms with Gasteiger partial charge in [-0.3, -0.25) is 0 Å². The van der Waals surface area contributed by atoms with Crippen LogP contribution in [0, 0.1) is 6.92 Å². The van der Waals surface area contributed by atoms with Crippen LogP contribution in [0.2, 0.25) is 0 Å². The molecule has 4 heteroatoms. The zero-order valence-electron chi connectivity index (χ0n) is 14.1. The minimum absolute atomic E-state index is 0.108. The molecule has 1 aromatic heterocycles. The van der Waals surface area contributed by atoms with E-state index in [4.69, 9.17) is 0 Å². The number of rotatable bonds is 6. The van der Waals surface area contributed by atoms with Crippen molar-refractivity contribution in [3.8, 4) is 0 Å². The Morgan fingerprint density at radius 3 is 2.40 bits per heavy atom. The third-order valence-electron chi connectivity index (χ3n) is 3.22. The first-order chi connectivity index (χ1) is 9.24. The minimum atomic E-state index is 0.108. The van der Waals surface area contributed by atoms with Gasteiger partial charge < -0.3 is 10.2 Å². The van der Waals surface area contributed by atoms with Crippen LogP contribution < -0.4 is 10.2 Å². The summed E-state index contributed by atoms with van der Waals surface area (Å²) >= 11 is 0. The molecule has 0 fully saturated rings. The van der Waals surface area contributed by atoms with Crippen molar-refractivity contribution in [1.29, 1.82) is 0 Å². The van der Waals surface area contributed by atoms with Gasteiger partial charge in [-0.25, -0.2) is 9.97 Å². The molecule has 4 nitrogen and oxygen atoms in total. The fourth-order valence-electron chi connectivity index (χ4n) is 1.98. The van der Waals surface area contributed by atoms with Crippen LogP contribution in [0.3, 0.4) is 0 Å². The molecule has 0 amide bonds. The average molecular weight is 278 g/mol. The van der Waals surface area contributed by atoms with Crippen LogP contribution in [-0.4, -0.2) is 28.1 Å². The van der Waals surface area contributed by atoms with Gasteiger partial charge in [-0.2, -0.15) is 0 Å². The SMILES string of the molecule is CCCN(c1ncc(CNC(C)(C)C)c(C)n1)C(C)C. The summed E-state index contributed by atoms with van der Waals surface area (Å²) in [6.07, 6.45) is 3.06. The van der Waals surface area contributed by atoms with Gasteiger partial charge in [0.15, 0.2) is 0 Å². The van der Waals surface area contributed by atoms with Crippen molar-refractivity contribution in [2.24, 2.45) is 0 Å². The molecule has 20 heavy (non-hydrogen) atoms. The molecule has 0 aliphatic rings. The molecule has 0 spiro atoms. The summed E-state index contributed by atoms with van der Waals surface area (Å²) in [5.74, 6) is 0.846. The van der Waals surface area contributed by atoms with Crippen molar-refractivity contribution in [2.75, 3.05) is 11.4 Å². The first kappa shape index (κ1) is 16.9. The Morgan fingerprint density at radius 2 is 1.95 bits per heavy atom. The summed E-state index contributed by atoms with van der Waals surface area (Å²) in [5, 5.41) is 3.48. The standard InChI is InChI=1S/C16H30N4/c1-8-9-20(12(2)3)15-17-10-14(13(4)19-15)11-18-16(5,6)7/h10,12,18H,8-9,11H2,1-7H3. The summed E-state index contributed by atoms with van der Waals surface area (Å²) in [5.41, 5.74) is 2.34. The maximum atomic E-state index is 4.69. The highest BCUT2D eigenvalue weighted by Gasteiger charge is 2.15. The van der Waals surface area contributed by atoms with Crippen LogP contribution in [-0.2, 0) is 6.54 Å². The van der Waals surface area contributed by atoms with Crippen molar-refractivity contribution < 1.29 is 0 Å². The van der Waals surface area contributed by atoms with E-state index in [2.05, 4.69) is 68.7 Å². The fourth-order valence-corrected chi connectivity index (χ4v) is 1.98. The van der Waals surface area contributed by atoms with Crippen molar-refractivity contribution in [1.82, 2.24) is 15.3 Å². The van der Waals surface area contributed by atoms with Crippen molar-refractivity contribution in [3.05, 3.63) is 17.5 Å². The van der Waals surface area contributed by atoms with Crippen LogP contribution in [0.15, 0.2) is 6.20 Å². The molecule has 0 aliphatic heterocycles. The summed E-state index contributed by atoms with van der Waals surface area (Å²) in [7, 11) is 0. The average Bonchev–Trinajstić information content (AvgIpc) is 2.33. The number of hydrogen-bond donors (Lipinski definition) is 1. The lowest BCUT2D eigenvalue weighted by Gasteiger charge is -2.27. The Balaban J connectivity index is 2.86. The molecular weight excluding hydrogens is 248 g/mol. The van der Waals surface area contributed by atoms with Gasteiger partial charge in [-0.15, -0.1) is 0 Å². The molecule has 0 atom stereocenters. The van der Waals surface area contributed by atoms with Crippen molar-refractivity contribution in [2.45, 2.75) is 73.0 Å². The lowest BCUT2D eigenvalue weighted by atomic mass is 10.1. The Bertz CT molecular complexity index is 421. The first-order valence-electron chi connectivity index (χ1n) is 7.58. The summed E-state index contributed by atoms with van der Waals surface area (Å²) in [6, 6.07) is 0.424. The molecule has 1 rings (SSSR count). The predicted octanol–water partition coefficient (Wildman–Crippen LogP) is 3.30. The van der Waals surface area contributed by atoms with Crippen LogP contribution in [0.4, 0.5) is 5.95 Å². The summed E-state index contributed by atoms with van der Waals surface area (Å²) in [6.45, 7) is 16.9. The lowest BCUT2D eigenvalue weighted by Crippen LogP contribution is -2.36. The number of hydrogen-bond acceptors (Lipinski definition) is 4. The van der Waals surface area contributed by atoms with E-state index in [-0.39, 0.29) is 5.54 Å². The van der Waals surface area contributed by atoms with Crippen LogP contribution in [0.25, 0.3) is 0 Å². The second-order valence-electron chi connectivity index (χ2n) is 6.67. The zero-order chi connectivity index (χ0) is 15.3. The number of nitrogens with zero attached hydrogens (tertiary/aromatic N) is 3. The van der Waals surface area contributed by atoms with Gasteiger partial charge in [0.2, 0.25) is 5.95 Å². The van der Waals surface area contributed by atoms with E-state index < -0.39 is 0 Å². The highest BCUT2D eigenvalue weighted by molar-refractivity contribution is 5.34. The molecule has 0 saturated carbocycles. The Hall–Kier alpha value is -1.16. The van der Waals surface area contributed by atoms with Gasteiger partial charge >= 0.3 is 0 Å². The van der Waals surface area contributed by atoms with Crippen molar-refractivity contribution in [3.63, 3.8) is 0 Å². The summed E-state index contributed by atoms with van der Waals surface area (Å²) in [4.78, 5) is 11.5. The smallest absolute Gasteiger partial charge is 0.225 e. The van der Waals surface area contributed by atoms with E-state index in [1.54, 1.807) is 0 Å². The highest BCUT2D eigenvalue weighted by Crippen LogP contribution is 2.15. The Kier molecular flexibility index (Phi) is 5.93. The number of anilines is 1. The van der Waals surface area contributed by atoms with Gasteiger partial charge in [0.1, 0.15) is 0 Å². The van der Waals surface area contributed by atoms with Crippen LogP contribution in [0.5, 0.6) is 0 Å². The lowest BCUT2D eigenvalue weighted by molar-refractivity contribution is 0.423. The third kappa shape index (κ3) is 5.08. The largest absolute Gasteiger partial charge is 0.338 e. The van der Waals surface area contributed by atoms with Gasteiger partial charge in [0.05, 0.1) is 0 Å². The topological polar surface area (TPSA) is 41.1 Å². The first-order valence-corrected chi connectivity index (χ1v) is 7.58. The van der Waals surface area contributed by atoms with Crippen molar-refractivity contribution >= 4 is 5.95 Å². The zero-order valence-corrected chi connectivity index (χ0v) is 14.1. The van der Waals surface area contributed by atoms with E-state index in [1.165, 1.54) is 5.56 Å². The third-order valence-corrected chi connectivity index (χ3v) is 3.22. The maximum Gasteiger partial charge on any atom is 0.225 e. The summed E-state index contributed by atoms with van der Waals surface area (Å²) < 4.78 is 0. The van der Waals surface area contributed by atoms with Gasteiger partial charge in [-0.1, -0.05) is 6.92 Å². The molecule has 0 saturated heterocycles. The maximum absolute atomic E-state index is 4.69. The molecular formula is C16H30N4. The normalized spacial score (nSPS) is 12.0. The van der Waals surface area contributed by atoms with Crippen LogP contribution in [0.1, 0.15) is 59.2 Å². The second kappa shape index (κ2) is 7.02. The molecule has 0 aliphatic carbocycles. The molecule has 0 unspecified atom stereocenters. The molecule has 0 radical (unpaired) electrons. The van der Waals surface area contributed by atoms with E-state index in [1.807, 2.05) is 6.20 Å². The van der Waals surface area contributed by atoms with Crippen LogP contribution >= 0.6 is 0 Å². The molecule has 0 aromatic carbocycles. The van der Waals surface area contributed by atoms with Gasteiger partial charge in [0, 0.05) is 42.1 Å². The van der Waals surface area contributed by atoms with E-state index in [9.17, 15) is 0 Å². The monoisotopic (exact) mass is 278 g/mol. The number of aromatic nitrogens is 2. The van der Waals surface area contributed by atoms with E-state index in [0.717, 1.165) is 31.2 Å². The quantitative estimate of drug-likeness (QED) is 0.867. The molecule has 1 heterocycles. The molecule has 1 N–H and O–H groups in total. The Labute approximate surface area is 124 Å². The minimum Gasteiger partial charge on any atom is -0.338 e. The molecule has 114 valence electrons. The second-order valence-corrected chi connectivity index (χ2v) is 6.67. The number of nitrogens with one attached hydrogen (secondary N) is 1. The van der Waals surface area contributed by atoms with E-state index >= 15 is 0 Å². The Morgan fingerprint density at radius 1 is 1.30 bits per heavy atom. The molecule has 1 aromatic rings. The fraction of sp³-hybridized carbons (Fsp3) is 0.750. The van der Waals surface area contributed by atoms with Gasteiger partial charge in [0.25, 0.3) is 0 Å².